The van der Waals surface area contributed by atoms with Gasteiger partial charge in [-0.05, 0) is 41.0 Å². The van der Waals surface area contributed by atoms with E-state index in [2.05, 4.69) is 22.4 Å². The Kier molecular flexibility index (Phi) is 6.08. The Morgan fingerprint density at radius 1 is 1.30 bits per heavy atom. The average Bonchev–Trinajstić information content (AvgIpc) is 3.02. The summed E-state index contributed by atoms with van der Waals surface area (Å²) in [7, 11) is 0. The Labute approximate surface area is 135 Å². The maximum Gasteiger partial charge on any atom is 0.328 e. The van der Waals surface area contributed by atoms with Crippen molar-refractivity contribution in [2.24, 2.45) is 0 Å². The third-order valence-electron chi connectivity index (χ3n) is 3.67. The van der Waals surface area contributed by atoms with Crippen LogP contribution in [0, 0.1) is 0 Å². The molecule has 7 heteroatoms. The molecule has 0 saturated heterocycles. The van der Waals surface area contributed by atoms with Crippen molar-refractivity contribution in [3.05, 3.63) is 35.7 Å². The van der Waals surface area contributed by atoms with E-state index in [-0.39, 0.29) is 6.61 Å². The van der Waals surface area contributed by atoms with Crippen molar-refractivity contribution >= 4 is 5.97 Å². The molecule has 1 atom stereocenters. The number of carboxylic acids is 1. The lowest BCUT2D eigenvalue weighted by Gasteiger charge is -2.14. The number of benzene rings is 1. The first-order valence-corrected chi connectivity index (χ1v) is 7.87. The molecule has 1 unspecified atom stereocenters. The van der Waals surface area contributed by atoms with Crippen molar-refractivity contribution in [3.8, 4) is 5.75 Å². The average molecular weight is 318 g/mol. The molecule has 1 heterocycles. The van der Waals surface area contributed by atoms with Crippen LogP contribution in [0.15, 0.2) is 24.3 Å². The quantitative estimate of drug-likeness (QED) is 0.764. The van der Waals surface area contributed by atoms with Crippen LogP contribution in [0.2, 0.25) is 0 Å². The molecule has 0 bridgehead atoms. The van der Waals surface area contributed by atoms with Crippen molar-refractivity contribution < 1.29 is 14.6 Å². The third-order valence-corrected chi connectivity index (χ3v) is 3.67. The first-order valence-electron chi connectivity index (χ1n) is 7.87. The molecule has 2 rings (SSSR count). The molecule has 2 aromatic rings. The smallest absolute Gasteiger partial charge is 0.328 e. The summed E-state index contributed by atoms with van der Waals surface area (Å²) in [6.07, 6.45) is 3.18. The third kappa shape index (κ3) is 4.51. The van der Waals surface area contributed by atoms with E-state index in [0.29, 0.717) is 18.0 Å². The number of aliphatic carboxylic acids is 1. The number of ether oxygens (including phenoxy) is 1. The van der Waals surface area contributed by atoms with Gasteiger partial charge < -0.3 is 9.84 Å². The van der Waals surface area contributed by atoms with Crippen molar-refractivity contribution in [1.29, 1.82) is 0 Å². The Morgan fingerprint density at radius 3 is 2.65 bits per heavy atom. The summed E-state index contributed by atoms with van der Waals surface area (Å²) in [6, 6.07) is 7.02. The van der Waals surface area contributed by atoms with Gasteiger partial charge in [-0.3, -0.25) is 0 Å². The highest BCUT2D eigenvalue weighted by atomic mass is 16.5. The summed E-state index contributed by atoms with van der Waals surface area (Å²) >= 11 is 0. The second-order valence-electron chi connectivity index (χ2n) is 5.32. The highest BCUT2D eigenvalue weighted by Gasteiger charge is 2.24. The maximum atomic E-state index is 11.4. The molecule has 0 fully saturated rings. The highest BCUT2D eigenvalue weighted by molar-refractivity contribution is 5.71. The van der Waals surface area contributed by atoms with E-state index in [4.69, 9.17) is 4.74 Å². The SMILES string of the molecule is CCCCC(C(=O)O)n1nnnc1COc1ccc(CC)cc1. The highest BCUT2D eigenvalue weighted by Crippen LogP contribution is 2.18. The minimum Gasteiger partial charge on any atom is -0.486 e. The molecule has 0 spiro atoms. The number of unbranched alkanes of at least 4 members (excludes halogenated alkanes) is 1. The van der Waals surface area contributed by atoms with Gasteiger partial charge in [0.1, 0.15) is 12.4 Å². The van der Waals surface area contributed by atoms with Crippen LogP contribution in [0.5, 0.6) is 5.75 Å². The van der Waals surface area contributed by atoms with Crippen molar-refractivity contribution in [2.45, 2.75) is 52.2 Å². The standard InChI is InChI=1S/C16H22N4O3/c1-3-5-6-14(16(21)22)20-15(17-18-19-20)11-23-13-9-7-12(4-2)8-10-13/h7-10,14H,3-6,11H2,1-2H3,(H,21,22). The van der Waals surface area contributed by atoms with Crippen LogP contribution in [0.3, 0.4) is 0 Å². The molecule has 0 aliphatic heterocycles. The summed E-state index contributed by atoms with van der Waals surface area (Å²) < 4.78 is 7.01. The Hall–Kier alpha value is -2.44. The first-order chi connectivity index (χ1) is 11.2. The van der Waals surface area contributed by atoms with Gasteiger partial charge in [0.15, 0.2) is 11.9 Å². The van der Waals surface area contributed by atoms with Crippen LogP contribution < -0.4 is 4.74 Å². The lowest BCUT2D eigenvalue weighted by atomic mass is 10.1. The van der Waals surface area contributed by atoms with Gasteiger partial charge >= 0.3 is 5.97 Å². The van der Waals surface area contributed by atoms with E-state index in [9.17, 15) is 9.90 Å². The molecule has 1 N–H and O–H groups in total. The molecule has 0 amide bonds. The molecule has 1 aromatic heterocycles. The number of hydrogen-bond acceptors (Lipinski definition) is 5. The molecule has 1 aromatic carbocycles. The van der Waals surface area contributed by atoms with E-state index < -0.39 is 12.0 Å². The van der Waals surface area contributed by atoms with Gasteiger partial charge in [-0.2, -0.15) is 0 Å². The van der Waals surface area contributed by atoms with Crippen LogP contribution in [0.4, 0.5) is 0 Å². The van der Waals surface area contributed by atoms with Crippen LogP contribution in [0.1, 0.15) is 50.5 Å². The molecule has 0 saturated carbocycles. The summed E-state index contributed by atoms with van der Waals surface area (Å²) in [5.41, 5.74) is 1.23. The van der Waals surface area contributed by atoms with E-state index in [1.54, 1.807) is 0 Å². The number of carboxylic acid groups (broad SMARTS) is 1. The normalized spacial score (nSPS) is 12.1. The second kappa shape index (κ2) is 8.26. The topological polar surface area (TPSA) is 90.1 Å². The van der Waals surface area contributed by atoms with Crippen molar-refractivity contribution in [3.63, 3.8) is 0 Å². The maximum absolute atomic E-state index is 11.4. The molecule has 23 heavy (non-hydrogen) atoms. The van der Waals surface area contributed by atoms with Crippen LogP contribution >= 0.6 is 0 Å². The summed E-state index contributed by atoms with van der Waals surface area (Å²) in [4.78, 5) is 11.4. The Balaban J connectivity index is 2.05. The fourth-order valence-electron chi connectivity index (χ4n) is 2.27. The zero-order chi connectivity index (χ0) is 16.7. The van der Waals surface area contributed by atoms with Crippen LogP contribution in [-0.4, -0.2) is 31.3 Å². The zero-order valence-corrected chi connectivity index (χ0v) is 13.5. The first kappa shape index (κ1) is 16.9. The molecule has 0 radical (unpaired) electrons. The number of aromatic nitrogens is 4. The molecule has 124 valence electrons. The van der Waals surface area contributed by atoms with E-state index in [1.165, 1.54) is 10.2 Å². The number of hydrogen-bond donors (Lipinski definition) is 1. The Morgan fingerprint density at radius 2 is 2.04 bits per heavy atom. The van der Waals surface area contributed by atoms with Gasteiger partial charge in [-0.1, -0.05) is 38.8 Å². The van der Waals surface area contributed by atoms with Crippen LogP contribution in [-0.2, 0) is 17.8 Å². The Bertz CT molecular complexity index is 625. The number of carbonyl (C=O) groups is 1. The minimum absolute atomic E-state index is 0.133. The van der Waals surface area contributed by atoms with Gasteiger partial charge in [0.2, 0.25) is 0 Å². The van der Waals surface area contributed by atoms with Crippen LogP contribution in [0.25, 0.3) is 0 Å². The fourth-order valence-corrected chi connectivity index (χ4v) is 2.27. The van der Waals surface area contributed by atoms with Crippen molar-refractivity contribution in [1.82, 2.24) is 20.2 Å². The van der Waals surface area contributed by atoms with Gasteiger partial charge in [-0.15, -0.1) is 5.10 Å². The second-order valence-corrected chi connectivity index (χ2v) is 5.32. The largest absolute Gasteiger partial charge is 0.486 e. The van der Waals surface area contributed by atoms with E-state index >= 15 is 0 Å². The fraction of sp³-hybridized carbons (Fsp3) is 0.500. The molecular weight excluding hydrogens is 296 g/mol. The lowest BCUT2D eigenvalue weighted by Crippen LogP contribution is -2.23. The summed E-state index contributed by atoms with van der Waals surface area (Å²) in [5.74, 6) is 0.185. The molecule has 0 aliphatic rings. The van der Waals surface area contributed by atoms with Gasteiger partial charge in [0.05, 0.1) is 0 Å². The lowest BCUT2D eigenvalue weighted by molar-refractivity contribution is -0.141. The predicted octanol–water partition coefficient (Wildman–Crippen LogP) is 2.63. The summed E-state index contributed by atoms with van der Waals surface area (Å²) in [6.45, 7) is 4.24. The molecule has 0 aliphatic carbocycles. The minimum atomic E-state index is -0.931. The zero-order valence-electron chi connectivity index (χ0n) is 13.5. The number of tetrazole rings is 1. The van der Waals surface area contributed by atoms with E-state index in [0.717, 1.165) is 19.3 Å². The van der Waals surface area contributed by atoms with Gasteiger partial charge in [0.25, 0.3) is 0 Å². The molecule has 7 nitrogen and oxygen atoms in total. The number of aryl methyl sites for hydroxylation is 1. The van der Waals surface area contributed by atoms with Gasteiger partial charge in [-0.25, -0.2) is 9.48 Å². The van der Waals surface area contributed by atoms with Crippen molar-refractivity contribution in [2.75, 3.05) is 0 Å². The number of rotatable bonds is 9. The molecular formula is C16H22N4O3. The number of nitrogens with zero attached hydrogens (tertiary/aromatic N) is 4. The summed E-state index contributed by atoms with van der Waals surface area (Å²) in [5, 5.41) is 20.7. The predicted molar refractivity (Wildman–Crippen MR) is 84.2 cm³/mol. The van der Waals surface area contributed by atoms with E-state index in [1.807, 2.05) is 31.2 Å². The monoisotopic (exact) mass is 318 g/mol. The van der Waals surface area contributed by atoms with Gasteiger partial charge in [0, 0.05) is 0 Å².